The van der Waals surface area contributed by atoms with Gasteiger partial charge in [0.25, 0.3) is 0 Å². The summed E-state index contributed by atoms with van der Waals surface area (Å²) in [6.07, 6.45) is 0.427. The number of nitrogens with two attached hydrogens (primary N) is 1. The van der Waals surface area contributed by atoms with Gasteiger partial charge < -0.3 is 15.2 Å². The number of para-hydroxylation sites is 1. The lowest BCUT2D eigenvalue weighted by atomic mass is 9.98. The van der Waals surface area contributed by atoms with Crippen LogP contribution in [0.25, 0.3) is 0 Å². The van der Waals surface area contributed by atoms with Crippen LogP contribution in [0.15, 0.2) is 36.4 Å². The van der Waals surface area contributed by atoms with Crippen molar-refractivity contribution in [1.29, 1.82) is 0 Å². The van der Waals surface area contributed by atoms with Crippen LogP contribution < -0.4 is 15.2 Å². The van der Waals surface area contributed by atoms with E-state index in [9.17, 15) is 4.39 Å². The summed E-state index contributed by atoms with van der Waals surface area (Å²) in [6, 6.07) is 9.55. The van der Waals surface area contributed by atoms with Crippen molar-refractivity contribution in [1.82, 2.24) is 0 Å². The molecule has 0 saturated carbocycles. The van der Waals surface area contributed by atoms with Gasteiger partial charge in [-0.3, -0.25) is 0 Å². The average Bonchev–Trinajstić information content (AvgIpc) is 2.50. The van der Waals surface area contributed by atoms with Crippen LogP contribution in [0.2, 0.25) is 5.02 Å². The van der Waals surface area contributed by atoms with Crippen molar-refractivity contribution >= 4 is 11.6 Å². The Morgan fingerprint density at radius 1 is 1.19 bits per heavy atom. The summed E-state index contributed by atoms with van der Waals surface area (Å²) in [4.78, 5) is 0. The SMILES string of the molecule is NC(Cc1cc(F)ccc1Cl)c1cccc2c1OCCO2. The number of fused-ring (bicyclic) bond motifs is 1. The van der Waals surface area contributed by atoms with E-state index in [1.807, 2.05) is 18.2 Å². The summed E-state index contributed by atoms with van der Waals surface area (Å²) >= 11 is 6.09. The van der Waals surface area contributed by atoms with Crippen LogP contribution in [0.4, 0.5) is 4.39 Å². The zero-order valence-electron chi connectivity index (χ0n) is 11.3. The average molecular weight is 308 g/mol. The van der Waals surface area contributed by atoms with Crippen molar-refractivity contribution in [3.05, 3.63) is 58.4 Å². The van der Waals surface area contributed by atoms with Crippen molar-refractivity contribution < 1.29 is 13.9 Å². The maximum Gasteiger partial charge on any atom is 0.166 e. The fourth-order valence-corrected chi connectivity index (χ4v) is 2.63. The third kappa shape index (κ3) is 2.96. The van der Waals surface area contributed by atoms with Crippen molar-refractivity contribution in [2.45, 2.75) is 12.5 Å². The maximum atomic E-state index is 13.3. The molecule has 0 radical (unpaired) electrons. The molecule has 1 atom stereocenters. The fraction of sp³-hybridized carbons (Fsp3) is 0.250. The summed E-state index contributed by atoms with van der Waals surface area (Å²) in [6.45, 7) is 1.03. The van der Waals surface area contributed by atoms with Crippen LogP contribution in [0.1, 0.15) is 17.2 Å². The van der Waals surface area contributed by atoms with Gasteiger partial charge >= 0.3 is 0 Å². The number of rotatable bonds is 3. The highest BCUT2D eigenvalue weighted by Gasteiger charge is 2.20. The highest BCUT2D eigenvalue weighted by atomic mass is 35.5. The van der Waals surface area contributed by atoms with Crippen molar-refractivity contribution in [2.75, 3.05) is 13.2 Å². The van der Waals surface area contributed by atoms with Crippen LogP contribution in [0, 0.1) is 5.82 Å². The van der Waals surface area contributed by atoms with Gasteiger partial charge in [-0.15, -0.1) is 0 Å². The van der Waals surface area contributed by atoms with Crippen LogP contribution >= 0.6 is 11.6 Å². The second kappa shape index (κ2) is 5.92. The van der Waals surface area contributed by atoms with Gasteiger partial charge in [-0.2, -0.15) is 0 Å². The Kier molecular flexibility index (Phi) is 3.99. The zero-order chi connectivity index (χ0) is 14.8. The molecule has 2 aromatic carbocycles. The number of ether oxygens (including phenoxy) is 2. The Balaban J connectivity index is 1.89. The van der Waals surface area contributed by atoms with Gasteiger partial charge in [-0.1, -0.05) is 23.7 Å². The molecule has 0 saturated heterocycles. The fourth-order valence-electron chi connectivity index (χ4n) is 2.43. The number of hydrogen-bond acceptors (Lipinski definition) is 3. The molecule has 2 aromatic rings. The normalized spacial score (nSPS) is 14.8. The number of halogens is 2. The first-order valence-corrected chi connectivity index (χ1v) is 7.11. The van der Waals surface area contributed by atoms with Crippen LogP contribution in [0.3, 0.4) is 0 Å². The van der Waals surface area contributed by atoms with Gasteiger partial charge in [0.05, 0.1) is 0 Å². The van der Waals surface area contributed by atoms with Crippen LogP contribution in [0.5, 0.6) is 11.5 Å². The molecule has 1 aliphatic rings. The largest absolute Gasteiger partial charge is 0.486 e. The molecule has 21 heavy (non-hydrogen) atoms. The molecule has 0 amide bonds. The molecule has 1 aliphatic heterocycles. The Morgan fingerprint density at radius 3 is 2.86 bits per heavy atom. The lowest BCUT2D eigenvalue weighted by Crippen LogP contribution is -2.20. The highest BCUT2D eigenvalue weighted by molar-refractivity contribution is 6.31. The third-order valence-electron chi connectivity index (χ3n) is 3.44. The molecule has 3 nitrogen and oxygen atoms in total. The maximum absolute atomic E-state index is 13.3. The first-order chi connectivity index (χ1) is 10.1. The van der Waals surface area contributed by atoms with E-state index >= 15 is 0 Å². The highest BCUT2D eigenvalue weighted by Crippen LogP contribution is 2.37. The van der Waals surface area contributed by atoms with E-state index in [0.717, 1.165) is 5.56 Å². The minimum absolute atomic E-state index is 0.323. The first-order valence-electron chi connectivity index (χ1n) is 6.73. The van der Waals surface area contributed by atoms with Crippen molar-refractivity contribution in [3.63, 3.8) is 0 Å². The van der Waals surface area contributed by atoms with Gasteiger partial charge in [0.1, 0.15) is 19.0 Å². The lowest BCUT2D eigenvalue weighted by Gasteiger charge is -2.23. The van der Waals surface area contributed by atoms with E-state index in [1.54, 1.807) is 6.07 Å². The van der Waals surface area contributed by atoms with Gasteiger partial charge in [0.15, 0.2) is 11.5 Å². The predicted molar refractivity (Wildman–Crippen MR) is 79.5 cm³/mol. The summed E-state index contributed by atoms with van der Waals surface area (Å²) in [5.41, 5.74) is 7.77. The summed E-state index contributed by atoms with van der Waals surface area (Å²) in [5, 5.41) is 0.508. The van der Waals surface area contributed by atoms with E-state index in [4.69, 9.17) is 26.8 Å². The molecule has 1 heterocycles. The van der Waals surface area contributed by atoms with E-state index in [-0.39, 0.29) is 11.9 Å². The molecule has 0 bridgehead atoms. The predicted octanol–water partition coefficient (Wildman–Crippen LogP) is 3.49. The molecule has 2 N–H and O–H groups in total. The summed E-state index contributed by atoms with van der Waals surface area (Å²) in [5.74, 6) is 1.04. The molecular weight excluding hydrogens is 293 g/mol. The minimum atomic E-state index is -0.346. The van der Waals surface area contributed by atoms with Gasteiger partial charge in [-0.05, 0) is 36.2 Å². The van der Waals surface area contributed by atoms with E-state index < -0.39 is 0 Å². The standard InChI is InChI=1S/C16H15ClFNO2/c17-13-5-4-11(18)8-10(13)9-14(19)12-2-1-3-15-16(12)21-7-6-20-15/h1-5,8,14H,6-7,9,19H2. The molecule has 110 valence electrons. The Morgan fingerprint density at radius 2 is 2.00 bits per heavy atom. The quantitative estimate of drug-likeness (QED) is 0.944. The number of benzene rings is 2. The minimum Gasteiger partial charge on any atom is -0.486 e. The molecule has 3 rings (SSSR count). The Hall–Kier alpha value is -1.78. The third-order valence-corrected chi connectivity index (χ3v) is 3.81. The van der Waals surface area contributed by atoms with Gasteiger partial charge in [0.2, 0.25) is 0 Å². The van der Waals surface area contributed by atoms with Crippen molar-refractivity contribution in [2.24, 2.45) is 5.73 Å². The van der Waals surface area contributed by atoms with Crippen LogP contribution in [-0.2, 0) is 6.42 Å². The van der Waals surface area contributed by atoms with Gasteiger partial charge in [0, 0.05) is 16.6 Å². The van der Waals surface area contributed by atoms with Crippen molar-refractivity contribution in [3.8, 4) is 11.5 Å². The molecule has 0 fully saturated rings. The second-order valence-electron chi connectivity index (χ2n) is 4.92. The van der Waals surface area contributed by atoms with Crippen LogP contribution in [-0.4, -0.2) is 13.2 Å². The molecule has 0 aromatic heterocycles. The molecule has 5 heteroatoms. The van der Waals surface area contributed by atoms with E-state index in [0.29, 0.717) is 41.7 Å². The van der Waals surface area contributed by atoms with Gasteiger partial charge in [-0.25, -0.2) is 4.39 Å². The summed E-state index contributed by atoms with van der Waals surface area (Å²) < 4.78 is 24.5. The Bertz CT molecular complexity index is 663. The molecular formula is C16H15ClFNO2. The molecule has 0 aliphatic carbocycles. The Labute approximate surface area is 127 Å². The summed E-state index contributed by atoms with van der Waals surface area (Å²) in [7, 11) is 0. The van der Waals surface area contributed by atoms with E-state index in [2.05, 4.69) is 0 Å². The monoisotopic (exact) mass is 307 g/mol. The number of hydrogen-bond donors (Lipinski definition) is 1. The first kappa shape index (κ1) is 14.2. The zero-order valence-corrected chi connectivity index (χ0v) is 12.1. The molecule has 0 spiro atoms. The van der Waals surface area contributed by atoms with E-state index in [1.165, 1.54) is 12.1 Å². The smallest absolute Gasteiger partial charge is 0.166 e. The molecule has 1 unspecified atom stereocenters. The lowest BCUT2D eigenvalue weighted by molar-refractivity contribution is 0.169. The second-order valence-corrected chi connectivity index (χ2v) is 5.32. The topological polar surface area (TPSA) is 44.5 Å².